The molecule has 2 saturated heterocycles. The van der Waals surface area contributed by atoms with Gasteiger partial charge in [0, 0.05) is 31.2 Å². The van der Waals surface area contributed by atoms with Crippen molar-refractivity contribution in [1.29, 1.82) is 0 Å². The number of likely N-dealkylation sites (tertiary alicyclic amines) is 1. The summed E-state index contributed by atoms with van der Waals surface area (Å²) in [5, 5.41) is 10.2. The molecule has 1 aromatic heterocycles. The number of hydrogen-bond acceptors (Lipinski definition) is 6. The number of amides is 3. The predicted octanol–water partition coefficient (Wildman–Crippen LogP) is 1.78. The lowest BCUT2D eigenvalue weighted by atomic mass is 9.89. The number of guanidine groups is 1. The minimum atomic E-state index is -0.597. The fourth-order valence-corrected chi connectivity index (χ4v) is 4.71. The molecule has 11 nitrogen and oxygen atoms in total. The number of hydrogen-bond donors (Lipinski definition) is 5. The van der Waals surface area contributed by atoms with Gasteiger partial charge in [-0.3, -0.25) is 4.79 Å². The Morgan fingerprint density at radius 3 is 2.67 bits per heavy atom. The van der Waals surface area contributed by atoms with E-state index in [2.05, 4.69) is 30.9 Å². The SMILES string of the molecule is Cc1cc(Cl)ccc1CCCNC(=O)N1CCC2(CC1)CN/C(=N\C(=O)c1nc(C)c(N)nc1N)N2. The molecule has 3 heterocycles. The maximum absolute atomic E-state index is 12.6. The Hall–Kier alpha value is -3.60. The number of urea groups is 1. The highest BCUT2D eigenvalue weighted by Gasteiger charge is 2.40. The van der Waals surface area contributed by atoms with Gasteiger partial charge in [0.15, 0.2) is 17.5 Å². The van der Waals surface area contributed by atoms with Crippen LogP contribution in [-0.2, 0) is 6.42 Å². The Kier molecular flexibility index (Phi) is 7.48. The number of aromatic nitrogens is 2. The summed E-state index contributed by atoms with van der Waals surface area (Å²) >= 11 is 6.02. The molecule has 0 aliphatic carbocycles. The summed E-state index contributed by atoms with van der Waals surface area (Å²) in [6.07, 6.45) is 3.20. The van der Waals surface area contributed by atoms with E-state index in [0.717, 1.165) is 36.3 Å². The molecule has 2 aliphatic heterocycles. The van der Waals surface area contributed by atoms with Crippen LogP contribution in [0.2, 0.25) is 5.02 Å². The molecular weight excluding hydrogens is 482 g/mol. The topological polar surface area (TPSA) is 164 Å². The lowest BCUT2D eigenvalue weighted by molar-refractivity contribution is 0.0998. The van der Waals surface area contributed by atoms with Gasteiger partial charge in [-0.25, -0.2) is 14.8 Å². The molecule has 2 fully saturated rings. The van der Waals surface area contributed by atoms with Crippen molar-refractivity contribution in [2.75, 3.05) is 37.6 Å². The molecule has 7 N–H and O–H groups in total. The third kappa shape index (κ3) is 5.78. The standard InChI is InChI=1S/C24H32ClN9O2/c1-14-12-17(25)6-5-16(14)4-3-9-28-23(36)34-10-7-24(8-11-34)13-29-22(33-24)32-21(35)18-20(27)31-19(26)15(2)30-18/h5-6,12H,3-4,7-11,13H2,1-2H3,(H,28,36)(H4,26,27,31)(H2,29,32,33,35). The number of aliphatic imine (C=N–C) groups is 1. The fourth-order valence-electron chi connectivity index (χ4n) is 4.48. The lowest BCUT2D eigenvalue weighted by Gasteiger charge is -2.38. The van der Waals surface area contributed by atoms with E-state index in [4.69, 9.17) is 23.1 Å². The van der Waals surface area contributed by atoms with Crippen molar-refractivity contribution in [2.45, 2.75) is 45.1 Å². The van der Waals surface area contributed by atoms with Gasteiger partial charge in [-0.1, -0.05) is 17.7 Å². The average molecular weight is 514 g/mol. The third-order valence-electron chi connectivity index (χ3n) is 6.74. The Balaban J connectivity index is 1.24. The summed E-state index contributed by atoms with van der Waals surface area (Å²) in [6.45, 7) is 6.12. The number of piperidine rings is 1. The number of nitrogen functional groups attached to an aromatic ring is 2. The zero-order chi connectivity index (χ0) is 25.9. The van der Waals surface area contributed by atoms with Crippen LogP contribution in [0.3, 0.4) is 0 Å². The zero-order valence-corrected chi connectivity index (χ0v) is 21.3. The number of nitrogens with two attached hydrogens (primary N) is 2. The number of benzene rings is 1. The quantitative estimate of drug-likeness (QED) is 0.377. The molecule has 2 aliphatic rings. The summed E-state index contributed by atoms with van der Waals surface area (Å²) in [5.41, 5.74) is 14.0. The van der Waals surface area contributed by atoms with Gasteiger partial charge in [-0.2, -0.15) is 4.99 Å². The first-order valence-corrected chi connectivity index (χ1v) is 12.4. The van der Waals surface area contributed by atoms with Crippen molar-refractivity contribution in [3.8, 4) is 0 Å². The molecular formula is C24H32ClN9O2. The van der Waals surface area contributed by atoms with Crippen molar-refractivity contribution in [3.05, 3.63) is 45.7 Å². The van der Waals surface area contributed by atoms with Crippen LogP contribution in [0.15, 0.2) is 23.2 Å². The minimum absolute atomic E-state index is 0.0311. The first kappa shape index (κ1) is 25.5. The highest BCUT2D eigenvalue weighted by Crippen LogP contribution is 2.25. The fraction of sp³-hybridized carbons (Fsp3) is 0.458. The number of carbonyl (C=O) groups excluding carboxylic acids is 2. The Morgan fingerprint density at radius 1 is 1.19 bits per heavy atom. The molecule has 0 radical (unpaired) electrons. The number of nitrogens with one attached hydrogen (secondary N) is 3. The van der Waals surface area contributed by atoms with Crippen molar-refractivity contribution < 1.29 is 9.59 Å². The molecule has 4 rings (SSSR count). The highest BCUT2D eigenvalue weighted by molar-refractivity contribution is 6.30. The summed E-state index contributed by atoms with van der Waals surface area (Å²) in [4.78, 5) is 39.2. The first-order valence-electron chi connectivity index (χ1n) is 12.0. The van der Waals surface area contributed by atoms with Crippen molar-refractivity contribution in [3.63, 3.8) is 0 Å². The summed E-state index contributed by atoms with van der Waals surface area (Å²) in [5.74, 6) is -0.102. The van der Waals surface area contributed by atoms with Crippen LogP contribution in [0.5, 0.6) is 0 Å². The van der Waals surface area contributed by atoms with Crippen LogP contribution in [0.4, 0.5) is 16.4 Å². The molecule has 36 heavy (non-hydrogen) atoms. The smallest absolute Gasteiger partial charge is 0.317 e. The van der Waals surface area contributed by atoms with Crippen LogP contribution in [0, 0.1) is 13.8 Å². The van der Waals surface area contributed by atoms with Crippen LogP contribution < -0.4 is 27.4 Å². The highest BCUT2D eigenvalue weighted by atomic mass is 35.5. The number of anilines is 2. The molecule has 1 spiro atoms. The van der Waals surface area contributed by atoms with Gasteiger partial charge in [-0.05, 0) is 62.8 Å². The van der Waals surface area contributed by atoms with Gasteiger partial charge in [0.05, 0.1) is 11.2 Å². The van der Waals surface area contributed by atoms with Crippen molar-refractivity contribution >= 4 is 41.1 Å². The van der Waals surface area contributed by atoms with Gasteiger partial charge in [0.25, 0.3) is 0 Å². The number of nitrogens with zero attached hydrogens (tertiary/aromatic N) is 4. The second-order valence-corrected chi connectivity index (χ2v) is 9.78. The van der Waals surface area contributed by atoms with Crippen LogP contribution in [0.25, 0.3) is 0 Å². The molecule has 0 atom stereocenters. The van der Waals surface area contributed by atoms with Gasteiger partial charge in [-0.15, -0.1) is 0 Å². The van der Waals surface area contributed by atoms with E-state index in [1.165, 1.54) is 5.56 Å². The monoisotopic (exact) mass is 513 g/mol. The number of rotatable bonds is 5. The predicted molar refractivity (Wildman–Crippen MR) is 140 cm³/mol. The Labute approximate surface area is 215 Å². The van der Waals surface area contributed by atoms with Crippen molar-refractivity contribution in [1.82, 2.24) is 30.8 Å². The van der Waals surface area contributed by atoms with Gasteiger partial charge in [0.1, 0.15) is 5.82 Å². The summed E-state index contributed by atoms with van der Waals surface area (Å²) < 4.78 is 0. The second kappa shape index (κ2) is 10.6. The molecule has 1 aromatic carbocycles. The normalized spacial score (nSPS) is 17.6. The van der Waals surface area contributed by atoms with E-state index in [1.54, 1.807) is 6.92 Å². The van der Waals surface area contributed by atoms with E-state index in [1.807, 2.05) is 30.0 Å². The molecule has 192 valence electrons. The van der Waals surface area contributed by atoms with Gasteiger partial charge < -0.3 is 32.3 Å². The second-order valence-electron chi connectivity index (χ2n) is 9.35. The minimum Gasteiger partial charge on any atom is -0.382 e. The Morgan fingerprint density at radius 2 is 1.94 bits per heavy atom. The molecule has 0 bridgehead atoms. The van der Waals surface area contributed by atoms with Gasteiger partial charge >= 0.3 is 11.9 Å². The average Bonchev–Trinajstić information content (AvgIpc) is 3.22. The molecule has 2 aromatic rings. The van der Waals surface area contributed by atoms with E-state index in [0.29, 0.717) is 37.8 Å². The lowest BCUT2D eigenvalue weighted by Crippen LogP contribution is -2.55. The van der Waals surface area contributed by atoms with E-state index in [9.17, 15) is 9.59 Å². The maximum Gasteiger partial charge on any atom is 0.317 e. The van der Waals surface area contributed by atoms with Crippen molar-refractivity contribution in [2.24, 2.45) is 4.99 Å². The molecule has 0 saturated carbocycles. The maximum atomic E-state index is 12.6. The number of carbonyl (C=O) groups is 2. The third-order valence-corrected chi connectivity index (χ3v) is 6.97. The van der Waals surface area contributed by atoms with E-state index < -0.39 is 5.91 Å². The first-order chi connectivity index (χ1) is 17.2. The molecule has 3 amide bonds. The Bertz CT molecular complexity index is 1190. The van der Waals surface area contributed by atoms with Crippen LogP contribution in [0.1, 0.15) is 46.6 Å². The number of aryl methyl sites for hydroxylation is 3. The van der Waals surface area contributed by atoms with E-state index in [-0.39, 0.29) is 28.9 Å². The summed E-state index contributed by atoms with van der Waals surface area (Å²) in [6, 6.07) is 5.84. The van der Waals surface area contributed by atoms with Crippen LogP contribution >= 0.6 is 11.6 Å². The zero-order valence-electron chi connectivity index (χ0n) is 20.5. The van der Waals surface area contributed by atoms with Gasteiger partial charge in [0.2, 0.25) is 0 Å². The number of halogens is 1. The molecule has 0 unspecified atom stereocenters. The largest absolute Gasteiger partial charge is 0.382 e. The van der Waals surface area contributed by atoms with Crippen LogP contribution in [-0.4, -0.2) is 64.5 Å². The summed E-state index contributed by atoms with van der Waals surface area (Å²) in [7, 11) is 0. The van der Waals surface area contributed by atoms with E-state index >= 15 is 0 Å². The molecule has 12 heteroatoms.